The largest absolute Gasteiger partial charge is 0.347 e. The Morgan fingerprint density at radius 3 is 2.68 bits per heavy atom. The third-order valence-corrected chi connectivity index (χ3v) is 2.40. The summed E-state index contributed by atoms with van der Waals surface area (Å²) in [6, 6.07) is 1.08. The van der Waals surface area contributed by atoms with Crippen LogP contribution in [0.15, 0.2) is 12.3 Å². The van der Waals surface area contributed by atoms with Gasteiger partial charge in [0, 0.05) is 14.1 Å². The Morgan fingerprint density at radius 1 is 1.53 bits per heavy atom. The van der Waals surface area contributed by atoms with Crippen LogP contribution < -0.4 is 5.32 Å². The zero-order chi connectivity index (χ0) is 14.6. The van der Waals surface area contributed by atoms with Crippen molar-refractivity contribution in [2.75, 3.05) is 20.6 Å². The zero-order valence-corrected chi connectivity index (χ0v) is 11.0. The minimum Gasteiger partial charge on any atom is -0.347 e. The van der Waals surface area contributed by atoms with Crippen LogP contribution in [0.5, 0.6) is 0 Å². The van der Waals surface area contributed by atoms with Gasteiger partial charge >= 0.3 is 0 Å². The third kappa shape index (κ3) is 3.88. The van der Waals surface area contributed by atoms with Gasteiger partial charge in [0.1, 0.15) is 16.9 Å². The van der Waals surface area contributed by atoms with E-state index >= 15 is 0 Å². The lowest BCUT2D eigenvalue weighted by Crippen LogP contribution is -2.36. The lowest BCUT2D eigenvalue weighted by atomic mass is 10.2. The van der Waals surface area contributed by atoms with E-state index in [2.05, 4.69) is 10.3 Å². The second-order valence-corrected chi connectivity index (χ2v) is 4.14. The monoisotopic (exact) mass is 286 g/mol. The topological polar surface area (TPSA) is 105 Å². The highest BCUT2D eigenvalue weighted by Crippen LogP contribution is 2.19. The van der Waals surface area contributed by atoms with Crippen LogP contribution in [-0.4, -0.2) is 47.3 Å². The highest BCUT2D eigenvalue weighted by Gasteiger charge is 2.21. The van der Waals surface area contributed by atoms with E-state index in [-0.39, 0.29) is 23.2 Å². The Hall–Kier alpha value is -2.22. The van der Waals surface area contributed by atoms with E-state index in [4.69, 9.17) is 11.6 Å². The Balaban J connectivity index is 2.90. The normalized spacial score (nSPS) is 9.84. The average molecular weight is 287 g/mol. The van der Waals surface area contributed by atoms with Gasteiger partial charge in [0.25, 0.3) is 11.6 Å². The summed E-state index contributed by atoms with van der Waals surface area (Å²) in [6.45, 7) is -0.261. The molecule has 0 fully saturated rings. The van der Waals surface area contributed by atoms with Crippen molar-refractivity contribution in [1.82, 2.24) is 15.2 Å². The first-order valence-electron chi connectivity index (χ1n) is 5.11. The Bertz CT molecular complexity index is 532. The molecule has 0 radical (unpaired) electrons. The number of rotatable bonds is 4. The van der Waals surface area contributed by atoms with Crippen LogP contribution in [0.25, 0.3) is 0 Å². The van der Waals surface area contributed by atoms with Crippen LogP contribution in [0.1, 0.15) is 10.4 Å². The number of amides is 2. The number of likely N-dealkylation sites (N-methyl/N-ethyl adjacent to an activating group) is 1. The van der Waals surface area contributed by atoms with Gasteiger partial charge < -0.3 is 10.2 Å². The summed E-state index contributed by atoms with van der Waals surface area (Å²) in [5, 5.41) is 13.0. The summed E-state index contributed by atoms with van der Waals surface area (Å²) in [7, 11) is 3.06. The fourth-order valence-corrected chi connectivity index (χ4v) is 1.32. The summed E-state index contributed by atoms with van der Waals surface area (Å²) >= 11 is 5.59. The number of nitrogens with zero attached hydrogens (tertiary/aromatic N) is 3. The second kappa shape index (κ2) is 6.10. The van der Waals surface area contributed by atoms with Crippen molar-refractivity contribution in [3.63, 3.8) is 0 Å². The second-order valence-electron chi connectivity index (χ2n) is 3.75. The molecule has 0 spiro atoms. The molecule has 0 saturated heterocycles. The van der Waals surface area contributed by atoms with Gasteiger partial charge in [-0.15, -0.1) is 0 Å². The van der Waals surface area contributed by atoms with E-state index in [0.717, 1.165) is 12.3 Å². The number of carbonyl (C=O) groups excluding carboxylic acids is 2. The molecule has 0 bridgehead atoms. The molecule has 0 aliphatic carbocycles. The standard InChI is InChI=1S/C10H11ClN4O4/c1-14(2)9(16)5-13-10(17)6-3-8(11)12-4-7(6)15(18)19/h3-4H,5H2,1-2H3,(H,13,17). The van der Waals surface area contributed by atoms with Crippen LogP contribution in [0.3, 0.4) is 0 Å². The maximum atomic E-state index is 11.8. The molecule has 0 unspecified atom stereocenters. The van der Waals surface area contributed by atoms with Gasteiger partial charge in [-0.2, -0.15) is 0 Å². The van der Waals surface area contributed by atoms with Gasteiger partial charge in [0.15, 0.2) is 0 Å². The summed E-state index contributed by atoms with van der Waals surface area (Å²) in [5.74, 6) is -1.10. The summed E-state index contributed by atoms with van der Waals surface area (Å²) in [4.78, 5) is 37.9. The SMILES string of the molecule is CN(C)C(=O)CNC(=O)c1cc(Cl)ncc1[N+](=O)[O-]. The van der Waals surface area contributed by atoms with E-state index in [1.54, 1.807) is 0 Å². The van der Waals surface area contributed by atoms with Gasteiger partial charge in [-0.1, -0.05) is 11.6 Å². The fraction of sp³-hybridized carbons (Fsp3) is 0.300. The molecule has 1 heterocycles. The van der Waals surface area contributed by atoms with Crippen molar-refractivity contribution in [2.24, 2.45) is 0 Å². The van der Waals surface area contributed by atoms with Crippen molar-refractivity contribution in [3.8, 4) is 0 Å². The predicted molar refractivity (Wildman–Crippen MR) is 66.9 cm³/mol. The molecule has 102 valence electrons. The summed E-state index contributed by atoms with van der Waals surface area (Å²) in [6.07, 6.45) is 0.894. The third-order valence-electron chi connectivity index (χ3n) is 2.19. The molecule has 1 aromatic heterocycles. The molecular weight excluding hydrogens is 276 g/mol. The molecule has 1 aromatic rings. The predicted octanol–water partition coefficient (Wildman–Crippen LogP) is 0.461. The van der Waals surface area contributed by atoms with E-state index < -0.39 is 16.5 Å². The summed E-state index contributed by atoms with van der Waals surface area (Å²) < 4.78 is 0. The van der Waals surface area contributed by atoms with Crippen LogP contribution in [0, 0.1) is 10.1 Å². The van der Waals surface area contributed by atoms with E-state index in [9.17, 15) is 19.7 Å². The fourth-order valence-electron chi connectivity index (χ4n) is 1.16. The Labute approximate surface area is 113 Å². The molecule has 9 heteroatoms. The molecule has 1 rings (SSSR count). The number of nitrogens with one attached hydrogen (secondary N) is 1. The molecule has 19 heavy (non-hydrogen) atoms. The minimum atomic E-state index is -0.758. The lowest BCUT2D eigenvalue weighted by Gasteiger charge is -2.11. The Kier molecular flexibility index (Phi) is 4.76. The van der Waals surface area contributed by atoms with Crippen molar-refractivity contribution in [3.05, 3.63) is 33.1 Å². The van der Waals surface area contributed by atoms with Gasteiger partial charge in [-0.05, 0) is 6.07 Å². The molecule has 0 atom stereocenters. The molecule has 0 aliphatic heterocycles. The van der Waals surface area contributed by atoms with Crippen LogP contribution in [0.4, 0.5) is 5.69 Å². The number of pyridine rings is 1. The molecule has 0 saturated carbocycles. The first kappa shape index (κ1) is 14.8. The highest BCUT2D eigenvalue weighted by molar-refractivity contribution is 6.29. The van der Waals surface area contributed by atoms with Crippen molar-refractivity contribution >= 4 is 29.1 Å². The van der Waals surface area contributed by atoms with Gasteiger partial charge in [0.2, 0.25) is 5.91 Å². The number of halogens is 1. The van der Waals surface area contributed by atoms with Crippen LogP contribution in [-0.2, 0) is 4.79 Å². The minimum absolute atomic E-state index is 0.0466. The molecule has 8 nitrogen and oxygen atoms in total. The van der Waals surface area contributed by atoms with E-state index in [0.29, 0.717) is 0 Å². The maximum Gasteiger partial charge on any atom is 0.300 e. The molecule has 0 aliphatic rings. The lowest BCUT2D eigenvalue weighted by molar-refractivity contribution is -0.385. The van der Waals surface area contributed by atoms with Crippen LogP contribution in [0.2, 0.25) is 5.15 Å². The van der Waals surface area contributed by atoms with Crippen LogP contribution >= 0.6 is 11.6 Å². The average Bonchev–Trinajstić information content (AvgIpc) is 2.34. The number of carbonyl (C=O) groups is 2. The van der Waals surface area contributed by atoms with E-state index in [1.807, 2.05) is 0 Å². The maximum absolute atomic E-state index is 11.8. The first-order chi connectivity index (χ1) is 8.82. The van der Waals surface area contributed by atoms with Gasteiger partial charge in [0.05, 0.1) is 11.5 Å². The Morgan fingerprint density at radius 2 is 2.16 bits per heavy atom. The number of hydrogen-bond acceptors (Lipinski definition) is 5. The van der Waals surface area contributed by atoms with Crippen molar-refractivity contribution < 1.29 is 14.5 Å². The number of hydrogen-bond donors (Lipinski definition) is 1. The first-order valence-corrected chi connectivity index (χ1v) is 5.49. The van der Waals surface area contributed by atoms with Gasteiger partial charge in [-0.25, -0.2) is 4.98 Å². The zero-order valence-electron chi connectivity index (χ0n) is 10.2. The highest BCUT2D eigenvalue weighted by atomic mass is 35.5. The summed E-state index contributed by atoms with van der Waals surface area (Å²) in [5.41, 5.74) is -0.712. The number of aromatic nitrogens is 1. The molecule has 2 amide bonds. The molecule has 1 N–H and O–H groups in total. The van der Waals surface area contributed by atoms with E-state index in [1.165, 1.54) is 19.0 Å². The van der Waals surface area contributed by atoms with Crippen molar-refractivity contribution in [1.29, 1.82) is 0 Å². The smallest absolute Gasteiger partial charge is 0.300 e. The quantitative estimate of drug-likeness (QED) is 0.492. The molecule has 0 aromatic carbocycles. The number of nitro groups is 1. The van der Waals surface area contributed by atoms with Crippen molar-refractivity contribution in [2.45, 2.75) is 0 Å². The van der Waals surface area contributed by atoms with Gasteiger partial charge in [-0.3, -0.25) is 19.7 Å². The molecular formula is C10H11ClN4O4.